The first-order valence-electron chi connectivity index (χ1n) is 6.14. The first-order valence-corrected chi connectivity index (χ1v) is 6.14. The maximum Gasteiger partial charge on any atom is 0.377 e. The Bertz CT molecular complexity index is 221. The van der Waals surface area contributed by atoms with Gasteiger partial charge in [0.1, 0.15) is 0 Å². The van der Waals surface area contributed by atoms with E-state index < -0.39 is 17.8 Å². The summed E-state index contributed by atoms with van der Waals surface area (Å²) in [5, 5.41) is 0. The summed E-state index contributed by atoms with van der Waals surface area (Å²) < 4.78 is 31.9. The third kappa shape index (κ3) is 3.42. The molecule has 1 fully saturated rings. The van der Waals surface area contributed by atoms with Crippen LogP contribution in [0.1, 0.15) is 51.9 Å². The number of halogens is 2. The number of hydrogen-bond donors (Lipinski definition) is 0. The largest absolute Gasteiger partial charge is 0.462 e. The van der Waals surface area contributed by atoms with Crippen LogP contribution in [0.25, 0.3) is 0 Å². The minimum absolute atomic E-state index is 0.0150. The zero-order chi connectivity index (χ0) is 12.0. The fraction of sp³-hybridized carbons (Fsp3) is 0.917. The van der Waals surface area contributed by atoms with E-state index in [2.05, 4.69) is 4.74 Å². The Hall–Kier alpha value is -0.670. The number of carbonyl (C=O) groups is 1. The van der Waals surface area contributed by atoms with Crippen LogP contribution in [-0.4, -0.2) is 18.5 Å². The summed E-state index contributed by atoms with van der Waals surface area (Å²) in [6.45, 7) is 1.56. The quantitative estimate of drug-likeness (QED) is 0.698. The molecule has 0 unspecified atom stereocenters. The molecule has 2 nitrogen and oxygen atoms in total. The molecule has 1 rings (SSSR count). The van der Waals surface area contributed by atoms with Crippen molar-refractivity contribution in [3.63, 3.8) is 0 Å². The lowest BCUT2D eigenvalue weighted by atomic mass is 9.86. The molecular formula is C12H20F2O2. The average Bonchev–Trinajstić information content (AvgIpc) is 2.16. The minimum Gasteiger partial charge on any atom is -0.462 e. The van der Waals surface area contributed by atoms with Crippen LogP contribution in [0.4, 0.5) is 8.78 Å². The van der Waals surface area contributed by atoms with E-state index in [0.29, 0.717) is 12.8 Å². The van der Waals surface area contributed by atoms with Gasteiger partial charge < -0.3 is 4.74 Å². The molecule has 0 N–H and O–H groups in total. The van der Waals surface area contributed by atoms with E-state index in [1.165, 1.54) is 0 Å². The monoisotopic (exact) mass is 234 g/mol. The van der Waals surface area contributed by atoms with E-state index in [1.807, 2.05) is 0 Å². The van der Waals surface area contributed by atoms with Crippen LogP contribution >= 0.6 is 0 Å². The van der Waals surface area contributed by atoms with E-state index in [0.717, 1.165) is 32.1 Å². The van der Waals surface area contributed by atoms with Crippen LogP contribution in [-0.2, 0) is 9.53 Å². The number of rotatable bonds is 3. The highest BCUT2D eigenvalue weighted by molar-refractivity contribution is 5.77. The van der Waals surface area contributed by atoms with Gasteiger partial charge in [0.2, 0.25) is 0 Å². The van der Waals surface area contributed by atoms with Crippen molar-refractivity contribution in [2.45, 2.75) is 57.8 Å². The summed E-state index contributed by atoms with van der Waals surface area (Å²) in [7, 11) is 0. The van der Waals surface area contributed by atoms with E-state index in [4.69, 9.17) is 0 Å². The molecule has 1 aliphatic rings. The Labute approximate surface area is 95.4 Å². The van der Waals surface area contributed by atoms with Gasteiger partial charge in [0.15, 0.2) is 0 Å². The molecule has 0 spiro atoms. The molecule has 1 aliphatic carbocycles. The van der Waals surface area contributed by atoms with E-state index in [1.54, 1.807) is 6.92 Å². The predicted molar refractivity (Wildman–Crippen MR) is 57.4 cm³/mol. The minimum atomic E-state index is -3.30. The lowest BCUT2D eigenvalue weighted by Crippen LogP contribution is -2.39. The highest BCUT2D eigenvalue weighted by Gasteiger charge is 2.47. The fourth-order valence-electron chi connectivity index (χ4n) is 2.21. The standard InChI is InChI=1S/C12H20F2O2/c1-2-16-11(15)12(13,14)10-8-6-4-3-5-7-9-10/h10H,2-9H2,1H3. The SMILES string of the molecule is CCOC(=O)C(F)(F)C1CCCCCCC1. The smallest absolute Gasteiger partial charge is 0.377 e. The Morgan fingerprint density at radius 3 is 2.19 bits per heavy atom. The summed E-state index contributed by atoms with van der Waals surface area (Å²) in [5.41, 5.74) is 0. The molecule has 0 bridgehead atoms. The number of hydrogen-bond acceptors (Lipinski definition) is 2. The van der Waals surface area contributed by atoms with Gasteiger partial charge in [-0.2, -0.15) is 8.78 Å². The molecule has 94 valence electrons. The third-order valence-corrected chi connectivity index (χ3v) is 3.17. The Balaban J connectivity index is 2.59. The van der Waals surface area contributed by atoms with Gasteiger partial charge in [0, 0.05) is 5.92 Å². The van der Waals surface area contributed by atoms with Gasteiger partial charge >= 0.3 is 11.9 Å². The van der Waals surface area contributed by atoms with Crippen molar-refractivity contribution < 1.29 is 18.3 Å². The number of alkyl halides is 2. The predicted octanol–water partition coefficient (Wildman–Crippen LogP) is 3.55. The average molecular weight is 234 g/mol. The summed E-state index contributed by atoms with van der Waals surface area (Å²) in [6.07, 6.45) is 5.57. The second kappa shape index (κ2) is 6.16. The van der Waals surface area contributed by atoms with Crippen molar-refractivity contribution in [2.75, 3.05) is 6.61 Å². The molecule has 0 aromatic rings. The molecule has 0 amide bonds. The Kier molecular flexibility index (Phi) is 5.16. The molecule has 4 heteroatoms. The lowest BCUT2D eigenvalue weighted by molar-refractivity contribution is -0.181. The van der Waals surface area contributed by atoms with Crippen molar-refractivity contribution in [1.82, 2.24) is 0 Å². The summed E-state index contributed by atoms with van der Waals surface area (Å²) in [5.74, 6) is -5.47. The van der Waals surface area contributed by atoms with Crippen LogP contribution in [0.2, 0.25) is 0 Å². The van der Waals surface area contributed by atoms with Crippen LogP contribution < -0.4 is 0 Å². The first-order chi connectivity index (χ1) is 7.59. The van der Waals surface area contributed by atoms with Crippen LogP contribution in [0, 0.1) is 5.92 Å². The van der Waals surface area contributed by atoms with Crippen molar-refractivity contribution in [2.24, 2.45) is 5.92 Å². The summed E-state index contributed by atoms with van der Waals surface area (Å²) in [4.78, 5) is 11.2. The first kappa shape index (κ1) is 13.4. The van der Waals surface area contributed by atoms with Crippen LogP contribution in [0.15, 0.2) is 0 Å². The lowest BCUT2D eigenvalue weighted by Gasteiger charge is -2.26. The van der Waals surface area contributed by atoms with E-state index >= 15 is 0 Å². The molecule has 0 aromatic heterocycles. The number of carbonyl (C=O) groups excluding carboxylic acids is 1. The van der Waals surface area contributed by atoms with E-state index in [-0.39, 0.29) is 6.61 Å². The van der Waals surface area contributed by atoms with Crippen LogP contribution in [0.3, 0.4) is 0 Å². The van der Waals surface area contributed by atoms with Crippen molar-refractivity contribution >= 4 is 5.97 Å². The van der Waals surface area contributed by atoms with Gasteiger partial charge in [0.05, 0.1) is 6.61 Å². The second-order valence-corrected chi connectivity index (χ2v) is 4.39. The fourth-order valence-corrected chi connectivity index (χ4v) is 2.21. The highest BCUT2D eigenvalue weighted by atomic mass is 19.3. The number of ether oxygens (including phenoxy) is 1. The third-order valence-electron chi connectivity index (χ3n) is 3.17. The molecule has 0 radical (unpaired) electrons. The zero-order valence-corrected chi connectivity index (χ0v) is 9.81. The summed E-state index contributed by atoms with van der Waals surface area (Å²) >= 11 is 0. The highest BCUT2D eigenvalue weighted by Crippen LogP contribution is 2.35. The van der Waals surface area contributed by atoms with Crippen molar-refractivity contribution in [1.29, 1.82) is 0 Å². The molecule has 0 heterocycles. The number of esters is 1. The summed E-state index contributed by atoms with van der Waals surface area (Å²) in [6, 6.07) is 0. The van der Waals surface area contributed by atoms with Gasteiger partial charge in [-0.25, -0.2) is 4.79 Å². The van der Waals surface area contributed by atoms with Crippen molar-refractivity contribution in [3.05, 3.63) is 0 Å². The second-order valence-electron chi connectivity index (χ2n) is 4.39. The van der Waals surface area contributed by atoms with Crippen LogP contribution in [0.5, 0.6) is 0 Å². The maximum atomic E-state index is 13.7. The molecule has 0 atom stereocenters. The molecule has 1 saturated carbocycles. The molecule has 0 aromatic carbocycles. The topological polar surface area (TPSA) is 26.3 Å². The molecule has 0 saturated heterocycles. The van der Waals surface area contributed by atoms with E-state index in [9.17, 15) is 13.6 Å². The van der Waals surface area contributed by atoms with Gasteiger partial charge in [-0.05, 0) is 19.8 Å². The maximum absolute atomic E-state index is 13.7. The molecular weight excluding hydrogens is 214 g/mol. The Morgan fingerprint density at radius 1 is 1.19 bits per heavy atom. The van der Waals surface area contributed by atoms with Gasteiger partial charge in [0.25, 0.3) is 0 Å². The van der Waals surface area contributed by atoms with Crippen molar-refractivity contribution in [3.8, 4) is 0 Å². The molecule has 16 heavy (non-hydrogen) atoms. The Morgan fingerprint density at radius 2 is 1.69 bits per heavy atom. The van der Waals surface area contributed by atoms with Gasteiger partial charge in [-0.3, -0.25) is 0 Å². The normalized spacial score (nSPS) is 19.9. The van der Waals surface area contributed by atoms with Gasteiger partial charge in [-0.1, -0.05) is 32.1 Å². The van der Waals surface area contributed by atoms with Gasteiger partial charge in [-0.15, -0.1) is 0 Å². The molecule has 0 aliphatic heterocycles. The zero-order valence-electron chi connectivity index (χ0n) is 9.81.